The Morgan fingerprint density at radius 2 is 2.30 bits per heavy atom. The third-order valence-corrected chi connectivity index (χ3v) is 4.24. The maximum atomic E-state index is 12.2. The lowest BCUT2D eigenvalue weighted by molar-refractivity contribution is -0.148. The number of carbonyl (C=O) groups is 2. The minimum Gasteiger partial charge on any atom is -0.481 e. The summed E-state index contributed by atoms with van der Waals surface area (Å²) in [4.78, 5) is 25.1. The second-order valence-electron chi connectivity index (χ2n) is 5.55. The third-order valence-electron chi connectivity index (χ3n) is 4.24. The molecule has 7 heteroatoms. The Morgan fingerprint density at radius 3 is 2.95 bits per heavy atom. The van der Waals surface area contributed by atoms with Crippen molar-refractivity contribution in [2.24, 2.45) is 5.41 Å². The summed E-state index contributed by atoms with van der Waals surface area (Å²) in [6.07, 6.45) is 1.42. The van der Waals surface area contributed by atoms with Crippen LogP contribution >= 0.6 is 0 Å². The lowest BCUT2D eigenvalue weighted by Crippen LogP contribution is -2.54. The summed E-state index contributed by atoms with van der Waals surface area (Å²) in [5.41, 5.74) is -0.906. The molecule has 1 saturated heterocycles. The largest absolute Gasteiger partial charge is 0.481 e. The summed E-state index contributed by atoms with van der Waals surface area (Å²) in [6, 6.07) is 1.30. The smallest absolute Gasteiger partial charge is 0.317 e. The first kappa shape index (κ1) is 14.6. The molecule has 3 unspecified atom stereocenters. The number of urea groups is 1. The second-order valence-corrected chi connectivity index (χ2v) is 5.55. The van der Waals surface area contributed by atoms with E-state index >= 15 is 0 Å². The molecule has 0 bridgehead atoms. The number of rotatable bonds is 2. The van der Waals surface area contributed by atoms with Gasteiger partial charge in [-0.25, -0.2) is 4.79 Å². The van der Waals surface area contributed by atoms with Gasteiger partial charge in [0.15, 0.2) is 6.10 Å². The molecular weight excluding hydrogens is 262 g/mol. The highest BCUT2D eigenvalue weighted by Crippen LogP contribution is 2.38. The first-order valence-corrected chi connectivity index (χ1v) is 6.77. The zero-order valence-corrected chi connectivity index (χ0v) is 11.5. The molecule has 2 amide bonds. The van der Waals surface area contributed by atoms with Gasteiger partial charge < -0.3 is 20.1 Å². The molecule has 20 heavy (non-hydrogen) atoms. The van der Waals surface area contributed by atoms with Gasteiger partial charge in [-0.2, -0.15) is 5.26 Å². The van der Waals surface area contributed by atoms with E-state index in [0.29, 0.717) is 26.0 Å². The molecule has 110 valence electrons. The van der Waals surface area contributed by atoms with Gasteiger partial charge in [0.25, 0.3) is 0 Å². The molecule has 0 aromatic heterocycles. The van der Waals surface area contributed by atoms with E-state index in [1.807, 2.05) is 6.07 Å². The van der Waals surface area contributed by atoms with E-state index in [0.717, 1.165) is 6.42 Å². The van der Waals surface area contributed by atoms with E-state index in [4.69, 9.17) is 10.00 Å². The molecule has 2 rings (SSSR count). The van der Waals surface area contributed by atoms with Crippen LogP contribution in [0.4, 0.5) is 4.79 Å². The van der Waals surface area contributed by atoms with Crippen molar-refractivity contribution in [3.05, 3.63) is 0 Å². The van der Waals surface area contributed by atoms with Crippen LogP contribution in [0.2, 0.25) is 0 Å². The molecule has 0 radical (unpaired) electrons. The van der Waals surface area contributed by atoms with Gasteiger partial charge >= 0.3 is 12.0 Å². The van der Waals surface area contributed by atoms with Crippen molar-refractivity contribution in [2.45, 2.75) is 38.3 Å². The van der Waals surface area contributed by atoms with Gasteiger partial charge in [0.2, 0.25) is 0 Å². The molecule has 1 aliphatic heterocycles. The van der Waals surface area contributed by atoms with Gasteiger partial charge in [-0.3, -0.25) is 4.79 Å². The van der Waals surface area contributed by atoms with Gasteiger partial charge in [0, 0.05) is 12.6 Å². The number of nitrogens with zero attached hydrogens (tertiary/aromatic N) is 2. The van der Waals surface area contributed by atoms with E-state index in [-0.39, 0.29) is 18.6 Å². The molecule has 0 aromatic rings. The van der Waals surface area contributed by atoms with Crippen LogP contribution in [-0.2, 0) is 9.53 Å². The van der Waals surface area contributed by atoms with Crippen molar-refractivity contribution >= 4 is 12.0 Å². The summed E-state index contributed by atoms with van der Waals surface area (Å²) >= 11 is 0. The number of carboxylic acids is 1. The molecule has 0 aromatic carbocycles. The Morgan fingerprint density at radius 1 is 1.55 bits per heavy atom. The first-order valence-electron chi connectivity index (χ1n) is 6.77. The summed E-state index contributed by atoms with van der Waals surface area (Å²) < 4.78 is 5.18. The predicted molar refractivity (Wildman–Crippen MR) is 68.8 cm³/mol. The highest BCUT2D eigenvalue weighted by atomic mass is 16.5. The molecule has 0 spiro atoms. The average molecular weight is 281 g/mol. The fraction of sp³-hybridized carbons (Fsp3) is 0.769. The Labute approximate surface area is 117 Å². The molecule has 1 heterocycles. The molecular formula is C13H19N3O4. The van der Waals surface area contributed by atoms with Crippen LogP contribution in [-0.4, -0.2) is 53.8 Å². The minimum atomic E-state index is -0.906. The monoisotopic (exact) mass is 281 g/mol. The van der Waals surface area contributed by atoms with Crippen molar-refractivity contribution in [1.29, 1.82) is 5.26 Å². The van der Waals surface area contributed by atoms with E-state index in [1.165, 1.54) is 4.90 Å². The van der Waals surface area contributed by atoms with Crippen LogP contribution in [0, 0.1) is 16.7 Å². The summed E-state index contributed by atoms with van der Waals surface area (Å²) in [5.74, 6) is -0.878. The van der Waals surface area contributed by atoms with Gasteiger partial charge in [0.1, 0.15) is 0 Å². The number of amides is 2. The molecule has 1 aliphatic carbocycles. The SMILES string of the molecule is CC1(C(=O)O)CCCC1NC(=O)N1CCOC(C#N)C1. The summed E-state index contributed by atoms with van der Waals surface area (Å²) in [5, 5.41) is 20.9. The predicted octanol–water partition coefficient (Wildman–Crippen LogP) is 0.564. The number of nitrogens with one attached hydrogen (secondary N) is 1. The highest BCUT2D eigenvalue weighted by Gasteiger charge is 2.46. The van der Waals surface area contributed by atoms with Gasteiger partial charge in [-0.15, -0.1) is 0 Å². The fourth-order valence-corrected chi connectivity index (χ4v) is 2.81. The lowest BCUT2D eigenvalue weighted by atomic mass is 9.85. The van der Waals surface area contributed by atoms with Gasteiger partial charge in [-0.05, 0) is 19.8 Å². The molecule has 3 atom stereocenters. The van der Waals surface area contributed by atoms with Crippen LogP contribution in [0.3, 0.4) is 0 Å². The Bertz CT molecular complexity index is 447. The number of morpholine rings is 1. The maximum Gasteiger partial charge on any atom is 0.317 e. The number of aliphatic carboxylic acids is 1. The third kappa shape index (κ3) is 2.70. The second kappa shape index (κ2) is 5.67. The molecule has 2 fully saturated rings. The van der Waals surface area contributed by atoms with Crippen LogP contribution in [0.15, 0.2) is 0 Å². The first-order chi connectivity index (χ1) is 9.47. The summed E-state index contributed by atoms with van der Waals surface area (Å²) in [7, 11) is 0. The van der Waals surface area contributed by atoms with E-state index < -0.39 is 17.5 Å². The van der Waals surface area contributed by atoms with Crippen molar-refractivity contribution in [1.82, 2.24) is 10.2 Å². The molecule has 2 N–H and O–H groups in total. The van der Waals surface area contributed by atoms with Crippen molar-refractivity contribution in [3.63, 3.8) is 0 Å². The Kier molecular flexibility index (Phi) is 4.14. The average Bonchev–Trinajstić information content (AvgIpc) is 2.81. The number of hydrogen-bond acceptors (Lipinski definition) is 4. The van der Waals surface area contributed by atoms with Crippen LogP contribution in [0.1, 0.15) is 26.2 Å². The van der Waals surface area contributed by atoms with Crippen molar-refractivity contribution < 1.29 is 19.4 Å². The van der Waals surface area contributed by atoms with E-state index in [2.05, 4.69) is 5.32 Å². The zero-order valence-electron chi connectivity index (χ0n) is 11.5. The maximum absolute atomic E-state index is 12.2. The molecule has 1 saturated carbocycles. The van der Waals surface area contributed by atoms with E-state index in [1.54, 1.807) is 6.92 Å². The normalized spacial score (nSPS) is 33.5. The molecule has 7 nitrogen and oxygen atoms in total. The zero-order chi connectivity index (χ0) is 14.8. The number of ether oxygens (including phenoxy) is 1. The minimum absolute atomic E-state index is 0.221. The van der Waals surface area contributed by atoms with Gasteiger partial charge in [-0.1, -0.05) is 6.42 Å². The number of hydrogen-bond donors (Lipinski definition) is 2. The number of carbonyl (C=O) groups excluding carboxylic acids is 1. The Balaban J connectivity index is 1.97. The lowest BCUT2D eigenvalue weighted by Gasteiger charge is -2.33. The van der Waals surface area contributed by atoms with Gasteiger partial charge in [0.05, 0.1) is 24.6 Å². The highest BCUT2D eigenvalue weighted by molar-refractivity contribution is 5.79. The Hall–Kier alpha value is -1.81. The summed E-state index contributed by atoms with van der Waals surface area (Å²) in [6.45, 7) is 2.64. The van der Waals surface area contributed by atoms with Crippen molar-refractivity contribution in [2.75, 3.05) is 19.7 Å². The van der Waals surface area contributed by atoms with E-state index in [9.17, 15) is 14.7 Å². The fourth-order valence-electron chi connectivity index (χ4n) is 2.81. The van der Waals surface area contributed by atoms with Crippen LogP contribution < -0.4 is 5.32 Å². The van der Waals surface area contributed by atoms with Crippen LogP contribution in [0.25, 0.3) is 0 Å². The standard InChI is InChI=1S/C13H19N3O4/c1-13(11(17)18)4-2-3-10(13)15-12(19)16-5-6-20-9(7-14)8-16/h9-10H,2-6,8H2,1H3,(H,15,19)(H,17,18). The quantitative estimate of drug-likeness (QED) is 0.770. The number of carboxylic acid groups (broad SMARTS) is 1. The number of nitriles is 1. The topological polar surface area (TPSA) is 103 Å². The van der Waals surface area contributed by atoms with Crippen LogP contribution in [0.5, 0.6) is 0 Å². The van der Waals surface area contributed by atoms with Crippen molar-refractivity contribution in [3.8, 4) is 6.07 Å². The molecule has 2 aliphatic rings.